The van der Waals surface area contributed by atoms with Gasteiger partial charge in [-0.2, -0.15) is 0 Å². The third-order valence-corrected chi connectivity index (χ3v) is 4.09. The zero-order chi connectivity index (χ0) is 13.6. The molecule has 1 aliphatic rings. The molecule has 0 saturated carbocycles. The molecule has 0 aliphatic heterocycles. The number of aryl methyl sites for hydroxylation is 2. The Hall–Kier alpha value is -1.60. The van der Waals surface area contributed by atoms with Crippen LogP contribution in [0.2, 0.25) is 0 Å². The summed E-state index contributed by atoms with van der Waals surface area (Å²) in [6.07, 6.45) is 6.15. The first-order valence-corrected chi connectivity index (χ1v) is 7.67. The van der Waals surface area contributed by atoms with E-state index < -0.39 is 0 Å². The van der Waals surface area contributed by atoms with Gasteiger partial charge in [-0.25, -0.2) is 0 Å². The highest BCUT2D eigenvalue weighted by Crippen LogP contribution is 2.32. The first-order valence-electron chi connectivity index (χ1n) is 7.67. The SMILES string of the molecule is c1ccc(CCCO[C@H]2CCCc3ccccc32)cc1. The van der Waals surface area contributed by atoms with Gasteiger partial charge in [0, 0.05) is 6.61 Å². The second kappa shape index (κ2) is 6.71. The van der Waals surface area contributed by atoms with Crippen LogP contribution < -0.4 is 0 Å². The molecule has 0 N–H and O–H groups in total. The molecule has 2 aromatic carbocycles. The van der Waals surface area contributed by atoms with E-state index in [-0.39, 0.29) is 0 Å². The van der Waals surface area contributed by atoms with Crippen LogP contribution in [0.25, 0.3) is 0 Å². The average Bonchev–Trinajstić information content (AvgIpc) is 2.53. The van der Waals surface area contributed by atoms with Gasteiger partial charge in [0.25, 0.3) is 0 Å². The van der Waals surface area contributed by atoms with E-state index in [9.17, 15) is 0 Å². The number of rotatable bonds is 5. The first kappa shape index (κ1) is 13.4. The summed E-state index contributed by atoms with van der Waals surface area (Å²) in [6.45, 7) is 0.855. The van der Waals surface area contributed by atoms with Crippen molar-refractivity contribution < 1.29 is 4.74 Å². The second-order valence-electron chi connectivity index (χ2n) is 5.54. The van der Waals surface area contributed by atoms with Crippen molar-refractivity contribution in [3.63, 3.8) is 0 Å². The molecule has 0 spiro atoms. The average molecular weight is 266 g/mol. The van der Waals surface area contributed by atoms with Gasteiger partial charge in [-0.1, -0.05) is 54.6 Å². The van der Waals surface area contributed by atoms with Gasteiger partial charge in [-0.3, -0.25) is 0 Å². The molecule has 0 heterocycles. The summed E-state index contributed by atoms with van der Waals surface area (Å²) in [5.41, 5.74) is 4.30. The van der Waals surface area contributed by atoms with Gasteiger partial charge >= 0.3 is 0 Å². The van der Waals surface area contributed by atoms with Crippen LogP contribution in [0.4, 0.5) is 0 Å². The molecule has 0 saturated heterocycles. The van der Waals surface area contributed by atoms with E-state index in [1.54, 1.807) is 0 Å². The predicted octanol–water partition coefficient (Wildman–Crippen LogP) is 4.71. The summed E-state index contributed by atoms with van der Waals surface area (Å²) in [5, 5.41) is 0. The van der Waals surface area contributed by atoms with Crippen molar-refractivity contribution in [1.29, 1.82) is 0 Å². The molecule has 0 fully saturated rings. The van der Waals surface area contributed by atoms with Crippen LogP contribution in [0.1, 0.15) is 42.1 Å². The molecule has 3 rings (SSSR count). The highest BCUT2D eigenvalue weighted by molar-refractivity contribution is 5.31. The summed E-state index contributed by atoms with van der Waals surface area (Å²) in [4.78, 5) is 0. The predicted molar refractivity (Wildman–Crippen MR) is 82.8 cm³/mol. The highest BCUT2D eigenvalue weighted by atomic mass is 16.5. The third-order valence-electron chi connectivity index (χ3n) is 4.09. The maximum absolute atomic E-state index is 6.13. The Labute approximate surface area is 121 Å². The quantitative estimate of drug-likeness (QED) is 0.712. The Balaban J connectivity index is 1.50. The fourth-order valence-corrected chi connectivity index (χ4v) is 3.03. The smallest absolute Gasteiger partial charge is 0.0827 e. The summed E-state index contributed by atoms with van der Waals surface area (Å²) in [7, 11) is 0. The maximum Gasteiger partial charge on any atom is 0.0827 e. The van der Waals surface area contributed by atoms with Crippen LogP contribution in [-0.4, -0.2) is 6.61 Å². The number of ether oxygens (including phenoxy) is 1. The van der Waals surface area contributed by atoms with E-state index in [4.69, 9.17) is 4.74 Å². The van der Waals surface area contributed by atoms with E-state index in [1.807, 2.05) is 0 Å². The highest BCUT2D eigenvalue weighted by Gasteiger charge is 2.19. The van der Waals surface area contributed by atoms with Crippen molar-refractivity contribution in [2.45, 2.75) is 38.2 Å². The minimum atomic E-state index is 0.315. The van der Waals surface area contributed by atoms with Crippen LogP contribution >= 0.6 is 0 Å². The number of hydrogen-bond acceptors (Lipinski definition) is 1. The molecule has 1 nitrogen and oxygen atoms in total. The number of fused-ring (bicyclic) bond motifs is 1. The lowest BCUT2D eigenvalue weighted by Gasteiger charge is -2.25. The van der Waals surface area contributed by atoms with Gasteiger partial charge < -0.3 is 4.74 Å². The van der Waals surface area contributed by atoms with Crippen molar-refractivity contribution in [3.05, 3.63) is 71.3 Å². The molecule has 2 aromatic rings. The van der Waals surface area contributed by atoms with E-state index in [0.29, 0.717) is 6.10 Å². The lowest BCUT2D eigenvalue weighted by atomic mass is 9.89. The monoisotopic (exact) mass is 266 g/mol. The summed E-state index contributed by atoms with van der Waals surface area (Å²) >= 11 is 0. The van der Waals surface area contributed by atoms with Crippen LogP contribution in [-0.2, 0) is 17.6 Å². The fourth-order valence-electron chi connectivity index (χ4n) is 3.03. The Morgan fingerprint density at radius 3 is 2.65 bits per heavy atom. The summed E-state index contributed by atoms with van der Waals surface area (Å²) < 4.78 is 6.13. The Morgan fingerprint density at radius 2 is 1.75 bits per heavy atom. The van der Waals surface area contributed by atoms with Crippen molar-refractivity contribution in [2.24, 2.45) is 0 Å². The molecular weight excluding hydrogens is 244 g/mol. The van der Waals surface area contributed by atoms with Crippen LogP contribution in [0.3, 0.4) is 0 Å². The second-order valence-corrected chi connectivity index (χ2v) is 5.54. The van der Waals surface area contributed by atoms with Gasteiger partial charge in [0.15, 0.2) is 0 Å². The molecule has 1 heteroatoms. The largest absolute Gasteiger partial charge is 0.374 e. The zero-order valence-corrected chi connectivity index (χ0v) is 11.9. The van der Waals surface area contributed by atoms with Gasteiger partial charge in [0.2, 0.25) is 0 Å². The van der Waals surface area contributed by atoms with Gasteiger partial charge in [-0.15, -0.1) is 0 Å². The minimum absolute atomic E-state index is 0.315. The normalized spacial score (nSPS) is 17.7. The molecule has 0 radical (unpaired) electrons. The topological polar surface area (TPSA) is 9.23 Å². The standard InChI is InChI=1S/C19H22O/c1-2-8-16(9-3-1)10-7-15-20-19-14-6-12-17-11-4-5-13-18(17)19/h1-5,8-9,11,13,19H,6-7,10,12,14-15H2/t19-/m0/s1. The molecule has 1 aliphatic carbocycles. The van der Waals surface area contributed by atoms with Gasteiger partial charge in [0.1, 0.15) is 0 Å². The molecule has 0 aromatic heterocycles. The zero-order valence-electron chi connectivity index (χ0n) is 11.9. The molecule has 0 unspecified atom stereocenters. The van der Waals surface area contributed by atoms with Crippen LogP contribution in [0, 0.1) is 0 Å². The van der Waals surface area contributed by atoms with Gasteiger partial charge in [-0.05, 0) is 48.8 Å². The fraction of sp³-hybridized carbons (Fsp3) is 0.368. The van der Waals surface area contributed by atoms with Crippen LogP contribution in [0.5, 0.6) is 0 Å². The first-order chi connectivity index (χ1) is 9.93. The Kier molecular flexibility index (Phi) is 4.49. The van der Waals surface area contributed by atoms with E-state index in [1.165, 1.54) is 36.0 Å². The molecule has 0 bridgehead atoms. The Morgan fingerprint density at radius 1 is 0.950 bits per heavy atom. The molecule has 0 amide bonds. The molecule has 1 atom stereocenters. The lowest BCUT2D eigenvalue weighted by Crippen LogP contribution is -2.13. The van der Waals surface area contributed by atoms with Crippen molar-refractivity contribution in [3.8, 4) is 0 Å². The van der Waals surface area contributed by atoms with Crippen LogP contribution in [0.15, 0.2) is 54.6 Å². The van der Waals surface area contributed by atoms with Crippen molar-refractivity contribution >= 4 is 0 Å². The molecule has 20 heavy (non-hydrogen) atoms. The molecule has 104 valence electrons. The maximum atomic E-state index is 6.13. The van der Waals surface area contributed by atoms with E-state index in [2.05, 4.69) is 54.6 Å². The van der Waals surface area contributed by atoms with E-state index in [0.717, 1.165) is 19.4 Å². The van der Waals surface area contributed by atoms with Crippen molar-refractivity contribution in [2.75, 3.05) is 6.61 Å². The third kappa shape index (κ3) is 3.29. The van der Waals surface area contributed by atoms with E-state index >= 15 is 0 Å². The number of benzene rings is 2. The molecular formula is C19H22O. The summed E-state index contributed by atoms with van der Waals surface area (Å²) in [6, 6.07) is 19.4. The lowest BCUT2D eigenvalue weighted by molar-refractivity contribution is 0.0394. The minimum Gasteiger partial charge on any atom is -0.374 e. The van der Waals surface area contributed by atoms with Gasteiger partial charge in [0.05, 0.1) is 6.10 Å². The van der Waals surface area contributed by atoms with Crippen molar-refractivity contribution in [1.82, 2.24) is 0 Å². The summed E-state index contributed by atoms with van der Waals surface area (Å²) in [5.74, 6) is 0. The Bertz CT molecular complexity index is 532. The number of hydrogen-bond donors (Lipinski definition) is 0.